The van der Waals surface area contributed by atoms with Crippen LogP contribution in [0.5, 0.6) is 0 Å². The summed E-state index contributed by atoms with van der Waals surface area (Å²) in [4.78, 5) is 0. The Kier molecular flexibility index (Phi) is 4.54. The van der Waals surface area contributed by atoms with Crippen molar-refractivity contribution in [2.45, 2.75) is 37.7 Å². The smallest absolute Gasteiger partial charge is 0.123 e. The van der Waals surface area contributed by atoms with Gasteiger partial charge in [0.2, 0.25) is 0 Å². The number of halogens is 1. The van der Waals surface area contributed by atoms with E-state index in [2.05, 4.69) is 27.7 Å². The van der Waals surface area contributed by atoms with E-state index in [1.165, 1.54) is 5.56 Å². The Morgan fingerprint density at radius 2 is 1.65 bits per heavy atom. The lowest BCUT2D eigenvalue weighted by Crippen LogP contribution is -2.10. The van der Waals surface area contributed by atoms with Gasteiger partial charge in [0, 0.05) is 10.00 Å². The molecule has 0 saturated heterocycles. The van der Waals surface area contributed by atoms with Gasteiger partial charge in [-0.25, -0.2) is 4.39 Å². The maximum atomic E-state index is 13.6. The number of hydrogen-bond acceptors (Lipinski definition) is 1. The third-order valence-electron chi connectivity index (χ3n) is 3.07. The molecule has 2 aromatic carbocycles. The molecular weight excluding hydrogens is 267 g/mol. The molecular formula is C18H21FS. The largest absolute Gasteiger partial charge is 0.207 e. The van der Waals surface area contributed by atoms with Crippen molar-refractivity contribution in [1.82, 2.24) is 0 Å². The Morgan fingerprint density at radius 1 is 1.00 bits per heavy atom. The maximum Gasteiger partial charge on any atom is 0.123 e. The fourth-order valence-corrected chi connectivity index (χ4v) is 3.74. The molecule has 2 rings (SSSR count). The Morgan fingerprint density at radius 3 is 2.25 bits per heavy atom. The molecule has 0 bridgehead atoms. The van der Waals surface area contributed by atoms with E-state index < -0.39 is 0 Å². The fourth-order valence-electron chi connectivity index (χ4n) is 2.34. The van der Waals surface area contributed by atoms with E-state index in [4.69, 9.17) is 0 Å². The number of benzene rings is 2. The van der Waals surface area contributed by atoms with Crippen LogP contribution in [0.15, 0.2) is 48.5 Å². The summed E-state index contributed by atoms with van der Waals surface area (Å²) >= 11 is 1.90. The van der Waals surface area contributed by atoms with Crippen molar-refractivity contribution in [3.05, 3.63) is 59.9 Å². The summed E-state index contributed by atoms with van der Waals surface area (Å²) < 4.78 is 13.8. The molecule has 0 aliphatic rings. The molecule has 0 amide bonds. The SMILES string of the molecule is CC(SC(C)(C)C)c1ccc(F)cc1-c1ccccc1. The number of thioether (sulfide) groups is 1. The Balaban J connectivity index is 2.44. The van der Waals surface area contributed by atoms with E-state index >= 15 is 0 Å². The summed E-state index contributed by atoms with van der Waals surface area (Å²) in [6.45, 7) is 8.81. The van der Waals surface area contributed by atoms with Crippen LogP contribution in [0.2, 0.25) is 0 Å². The molecule has 0 saturated carbocycles. The molecule has 0 aromatic heterocycles. The second-order valence-corrected chi connectivity index (χ2v) is 8.14. The predicted octanol–water partition coefficient (Wildman–Crippen LogP) is 6.09. The summed E-state index contributed by atoms with van der Waals surface area (Å²) in [6, 6.07) is 15.2. The highest BCUT2D eigenvalue weighted by Gasteiger charge is 2.20. The zero-order chi connectivity index (χ0) is 14.8. The molecule has 106 valence electrons. The second-order valence-electron chi connectivity index (χ2n) is 5.97. The van der Waals surface area contributed by atoms with Crippen molar-refractivity contribution in [3.63, 3.8) is 0 Å². The quantitative estimate of drug-likeness (QED) is 0.659. The van der Waals surface area contributed by atoms with Crippen molar-refractivity contribution < 1.29 is 4.39 Å². The molecule has 0 radical (unpaired) electrons. The van der Waals surface area contributed by atoms with Gasteiger partial charge in [-0.05, 0) is 35.7 Å². The number of rotatable bonds is 3. The van der Waals surface area contributed by atoms with Crippen molar-refractivity contribution in [1.29, 1.82) is 0 Å². The predicted molar refractivity (Wildman–Crippen MR) is 87.6 cm³/mol. The summed E-state index contributed by atoms with van der Waals surface area (Å²) in [5.74, 6) is -0.180. The topological polar surface area (TPSA) is 0 Å². The molecule has 0 heterocycles. The van der Waals surface area contributed by atoms with Crippen LogP contribution in [0.25, 0.3) is 11.1 Å². The Labute approximate surface area is 125 Å². The van der Waals surface area contributed by atoms with Gasteiger partial charge >= 0.3 is 0 Å². The van der Waals surface area contributed by atoms with Crippen LogP contribution in [-0.2, 0) is 0 Å². The first kappa shape index (κ1) is 15.1. The van der Waals surface area contributed by atoms with Crippen LogP contribution in [0, 0.1) is 5.82 Å². The monoisotopic (exact) mass is 288 g/mol. The molecule has 0 spiro atoms. The van der Waals surface area contributed by atoms with Gasteiger partial charge < -0.3 is 0 Å². The van der Waals surface area contributed by atoms with Gasteiger partial charge in [-0.3, -0.25) is 0 Å². The van der Waals surface area contributed by atoms with Crippen molar-refractivity contribution >= 4 is 11.8 Å². The van der Waals surface area contributed by atoms with Crippen molar-refractivity contribution in [2.75, 3.05) is 0 Å². The second kappa shape index (κ2) is 6.01. The summed E-state index contributed by atoms with van der Waals surface area (Å²) in [6.07, 6.45) is 0. The fraction of sp³-hybridized carbons (Fsp3) is 0.333. The van der Waals surface area contributed by atoms with Crippen LogP contribution in [0.4, 0.5) is 4.39 Å². The lowest BCUT2D eigenvalue weighted by Gasteiger charge is -2.25. The van der Waals surface area contributed by atoms with Crippen LogP contribution >= 0.6 is 11.8 Å². The molecule has 0 N–H and O–H groups in total. The van der Waals surface area contributed by atoms with Gasteiger partial charge in [-0.2, -0.15) is 0 Å². The molecule has 20 heavy (non-hydrogen) atoms. The highest BCUT2D eigenvalue weighted by molar-refractivity contribution is 8.00. The summed E-state index contributed by atoms with van der Waals surface area (Å²) in [5.41, 5.74) is 3.26. The van der Waals surface area contributed by atoms with E-state index in [1.807, 2.05) is 48.2 Å². The molecule has 2 aromatic rings. The molecule has 1 atom stereocenters. The minimum atomic E-state index is -0.180. The highest BCUT2D eigenvalue weighted by atomic mass is 32.2. The zero-order valence-corrected chi connectivity index (χ0v) is 13.3. The first-order valence-corrected chi connectivity index (χ1v) is 7.77. The lowest BCUT2D eigenvalue weighted by molar-refractivity contribution is 0.627. The Bertz CT molecular complexity index is 570. The van der Waals surface area contributed by atoms with Crippen LogP contribution in [0.1, 0.15) is 38.5 Å². The van der Waals surface area contributed by atoms with Crippen LogP contribution in [-0.4, -0.2) is 4.75 Å². The van der Waals surface area contributed by atoms with E-state index in [0.29, 0.717) is 5.25 Å². The molecule has 0 nitrogen and oxygen atoms in total. The molecule has 1 unspecified atom stereocenters. The zero-order valence-electron chi connectivity index (χ0n) is 12.5. The van der Waals surface area contributed by atoms with Crippen molar-refractivity contribution in [3.8, 4) is 11.1 Å². The summed E-state index contributed by atoms with van der Waals surface area (Å²) in [7, 11) is 0. The van der Waals surface area contributed by atoms with Gasteiger partial charge in [0.1, 0.15) is 5.82 Å². The van der Waals surface area contributed by atoms with E-state index in [9.17, 15) is 4.39 Å². The molecule has 2 heteroatoms. The molecule has 0 aliphatic heterocycles. The summed E-state index contributed by atoms with van der Waals surface area (Å²) in [5, 5.41) is 0.325. The average molecular weight is 288 g/mol. The number of hydrogen-bond donors (Lipinski definition) is 0. The van der Waals surface area contributed by atoms with Crippen LogP contribution < -0.4 is 0 Å². The minimum absolute atomic E-state index is 0.180. The highest BCUT2D eigenvalue weighted by Crippen LogP contribution is 2.41. The first-order chi connectivity index (χ1) is 9.37. The minimum Gasteiger partial charge on any atom is -0.207 e. The standard InChI is InChI=1S/C18H21FS/c1-13(20-18(2,3)4)16-11-10-15(19)12-17(16)14-8-6-5-7-9-14/h5-13H,1-4H3. The van der Waals surface area contributed by atoms with Gasteiger partial charge in [0.15, 0.2) is 0 Å². The Hall–Kier alpha value is -1.28. The molecule has 0 fully saturated rings. The van der Waals surface area contributed by atoms with Gasteiger partial charge in [0.05, 0.1) is 0 Å². The lowest BCUT2D eigenvalue weighted by atomic mass is 9.98. The van der Waals surface area contributed by atoms with Gasteiger partial charge in [-0.1, -0.05) is 57.2 Å². The van der Waals surface area contributed by atoms with E-state index in [0.717, 1.165) is 11.1 Å². The van der Waals surface area contributed by atoms with E-state index in [-0.39, 0.29) is 10.6 Å². The van der Waals surface area contributed by atoms with Gasteiger partial charge in [-0.15, -0.1) is 11.8 Å². The maximum absolute atomic E-state index is 13.6. The third kappa shape index (κ3) is 3.86. The van der Waals surface area contributed by atoms with Crippen LogP contribution in [0.3, 0.4) is 0 Å². The normalized spacial score (nSPS) is 13.2. The first-order valence-electron chi connectivity index (χ1n) is 6.89. The molecule has 0 aliphatic carbocycles. The third-order valence-corrected chi connectivity index (χ3v) is 4.38. The average Bonchev–Trinajstić information content (AvgIpc) is 2.37. The van der Waals surface area contributed by atoms with E-state index in [1.54, 1.807) is 12.1 Å². The van der Waals surface area contributed by atoms with Crippen molar-refractivity contribution in [2.24, 2.45) is 0 Å². The van der Waals surface area contributed by atoms with Gasteiger partial charge in [0.25, 0.3) is 0 Å².